The standard InChI is InChI=1S/C20H14Cl2F5NO3S/c21-15-6-11(7-16(22)18(15)24)14(20(25,26)27)4-2-10-1-3-13(17(23)5-10)19(29)28-12-8-32(30,31)9-12/h1-7,12,14H,8-9H2,(H,28,29). The van der Waals surface area contributed by atoms with E-state index in [2.05, 4.69) is 5.32 Å². The second kappa shape index (κ2) is 8.99. The number of benzene rings is 2. The first kappa shape index (κ1) is 24.5. The van der Waals surface area contributed by atoms with Crippen molar-refractivity contribution in [2.45, 2.75) is 18.1 Å². The van der Waals surface area contributed by atoms with Gasteiger partial charge in [-0.15, -0.1) is 0 Å². The Labute approximate surface area is 189 Å². The van der Waals surface area contributed by atoms with E-state index in [0.29, 0.717) is 0 Å². The van der Waals surface area contributed by atoms with Crippen molar-refractivity contribution < 1.29 is 35.2 Å². The van der Waals surface area contributed by atoms with Gasteiger partial charge in [0, 0.05) is 0 Å². The SMILES string of the molecule is O=C(NC1CS(=O)(=O)C1)c1ccc(C=CC(c2cc(Cl)c(F)c(Cl)c2)C(F)(F)F)cc1F. The Bertz CT molecular complexity index is 1160. The van der Waals surface area contributed by atoms with Crippen molar-refractivity contribution >= 4 is 45.0 Å². The summed E-state index contributed by atoms with van der Waals surface area (Å²) in [4.78, 5) is 12.1. The molecule has 0 aliphatic carbocycles. The van der Waals surface area contributed by atoms with E-state index in [1.807, 2.05) is 0 Å². The van der Waals surface area contributed by atoms with Crippen LogP contribution in [0.5, 0.6) is 0 Å². The molecule has 2 aromatic rings. The molecule has 3 rings (SSSR count). The van der Waals surface area contributed by atoms with Gasteiger partial charge >= 0.3 is 6.18 Å². The molecule has 1 unspecified atom stereocenters. The van der Waals surface area contributed by atoms with Crippen LogP contribution < -0.4 is 5.32 Å². The molecule has 0 saturated carbocycles. The van der Waals surface area contributed by atoms with Gasteiger partial charge in [-0.2, -0.15) is 13.2 Å². The van der Waals surface area contributed by atoms with Gasteiger partial charge in [0.2, 0.25) is 0 Å². The fourth-order valence-corrected chi connectivity index (χ4v) is 4.90. The van der Waals surface area contributed by atoms with Crippen molar-refractivity contribution in [1.82, 2.24) is 5.32 Å². The average molecular weight is 514 g/mol. The maximum absolute atomic E-state index is 14.3. The van der Waals surface area contributed by atoms with E-state index in [-0.39, 0.29) is 22.6 Å². The first-order valence-corrected chi connectivity index (χ1v) is 11.5. The van der Waals surface area contributed by atoms with Crippen LogP contribution in [0.25, 0.3) is 6.08 Å². The van der Waals surface area contributed by atoms with Crippen LogP contribution >= 0.6 is 23.2 Å². The number of carbonyl (C=O) groups is 1. The minimum absolute atomic E-state index is 0.0267. The first-order valence-electron chi connectivity index (χ1n) is 8.97. The lowest BCUT2D eigenvalue weighted by atomic mass is 9.96. The Kier molecular flexibility index (Phi) is 6.88. The summed E-state index contributed by atoms with van der Waals surface area (Å²) in [6.45, 7) is 0. The third kappa shape index (κ3) is 5.60. The number of carbonyl (C=O) groups excluding carboxylic acids is 1. The van der Waals surface area contributed by atoms with E-state index in [4.69, 9.17) is 23.2 Å². The summed E-state index contributed by atoms with van der Waals surface area (Å²) in [7, 11) is -3.18. The van der Waals surface area contributed by atoms with Gasteiger partial charge in [0.1, 0.15) is 5.82 Å². The number of hydrogen-bond donors (Lipinski definition) is 1. The van der Waals surface area contributed by atoms with Crippen LogP contribution in [-0.4, -0.2) is 38.0 Å². The molecule has 1 heterocycles. The molecule has 0 aromatic heterocycles. The van der Waals surface area contributed by atoms with Crippen LogP contribution in [0.3, 0.4) is 0 Å². The van der Waals surface area contributed by atoms with Crippen molar-refractivity contribution in [3.8, 4) is 0 Å². The average Bonchev–Trinajstić information content (AvgIpc) is 2.63. The zero-order chi connectivity index (χ0) is 23.8. The quantitative estimate of drug-likeness (QED) is 0.443. The van der Waals surface area contributed by atoms with Crippen molar-refractivity contribution in [3.05, 3.63) is 74.8 Å². The zero-order valence-corrected chi connectivity index (χ0v) is 18.2. The van der Waals surface area contributed by atoms with Gasteiger partial charge in [-0.1, -0.05) is 41.4 Å². The number of sulfone groups is 1. The Morgan fingerprint density at radius 2 is 1.69 bits per heavy atom. The summed E-state index contributed by atoms with van der Waals surface area (Å²) in [5.41, 5.74) is -0.758. The largest absolute Gasteiger partial charge is 0.399 e. The third-order valence-corrected chi connectivity index (χ3v) is 7.05. The summed E-state index contributed by atoms with van der Waals surface area (Å²) in [6.07, 6.45) is -3.05. The number of nitrogens with one attached hydrogen (secondary N) is 1. The Morgan fingerprint density at radius 3 is 2.19 bits per heavy atom. The predicted molar refractivity (Wildman–Crippen MR) is 111 cm³/mol. The van der Waals surface area contributed by atoms with Crippen LogP contribution in [-0.2, 0) is 9.84 Å². The molecule has 0 radical (unpaired) electrons. The van der Waals surface area contributed by atoms with Crippen molar-refractivity contribution in [3.63, 3.8) is 0 Å². The van der Waals surface area contributed by atoms with Gasteiger partial charge in [-0.3, -0.25) is 4.79 Å². The van der Waals surface area contributed by atoms with Crippen molar-refractivity contribution in [2.75, 3.05) is 11.5 Å². The molecule has 4 nitrogen and oxygen atoms in total. The molecule has 1 saturated heterocycles. The molecule has 1 fully saturated rings. The molecule has 2 aromatic carbocycles. The van der Waals surface area contributed by atoms with Gasteiger partial charge in [0.05, 0.1) is 39.1 Å². The summed E-state index contributed by atoms with van der Waals surface area (Å²) in [6, 6.07) is 4.16. The molecule has 32 heavy (non-hydrogen) atoms. The molecular weight excluding hydrogens is 500 g/mol. The molecule has 12 heteroatoms. The smallest absolute Gasteiger partial charge is 0.347 e. The van der Waals surface area contributed by atoms with E-state index >= 15 is 0 Å². The first-order chi connectivity index (χ1) is 14.8. The lowest BCUT2D eigenvalue weighted by Crippen LogP contribution is -2.53. The number of rotatable bonds is 5. The van der Waals surface area contributed by atoms with Crippen LogP contribution in [0.4, 0.5) is 22.0 Å². The molecule has 0 spiro atoms. The van der Waals surface area contributed by atoms with Gasteiger partial charge < -0.3 is 5.32 Å². The van der Waals surface area contributed by atoms with Gasteiger partial charge in [0.25, 0.3) is 5.91 Å². The van der Waals surface area contributed by atoms with E-state index in [9.17, 15) is 35.2 Å². The molecule has 1 aliphatic heterocycles. The lowest BCUT2D eigenvalue weighted by molar-refractivity contribution is -0.139. The van der Waals surface area contributed by atoms with Crippen molar-refractivity contribution in [1.29, 1.82) is 0 Å². The van der Waals surface area contributed by atoms with Crippen LogP contribution in [0, 0.1) is 11.6 Å². The molecular formula is C20H14Cl2F5NO3S. The van der Waals surface area contributed by atoms with Gasteiger partial charge in [0.15, 0.2) is 15.7 Å². The highest BCUT2D eigenvalue weighted by Crippen LogP contribution is 2.39. The highest BCUT2D eigenvalue weighted by atomic mass is 35.5. The molecule has 1 amide bonds. The second-order valence-corrected chi connectivity index (χ2v) is 10.1. The lowest BCUT2D eigenvalue weighted by Gasteiger charge is -2.26. The third-order valence-electron chi connectivity index (χ3n) is 4.68. The predicted octanol–water partition coefficient (Wildman–Crippen LogP) is 5.16. The fourth-order valence-electron chi connectivity index (χ4n) is 3.10. The van der Waals surface area contributed by atoms with Crippen LogP contribution in [0.1, 0.15) is 27.4 Å². The Hall–Kier alpha value is -2.17. The van der Waals surface area contributed by atoms with Crippen LogP contribution in [0.15, 0.2) is 36.4 Å². The van der Waals surface area contributed by atoms with E-state index in [0.717, 1.165) is 36.4 Å². The zero-order valence-electron chi connectivity index (χ0n) is 15.9. The highest BCUT2D eigenvalue weighted by molar-refractivity contribution is 7.92. The van der Waals surface area contributed by atoms with Gasteiger partial charge in [-0.25, -0.2) is 17.2 Å². The normalized spacial score (nSPS) is 17.2. The number of alkyl halides is 3. The Balaban J connectivity index is 1.81. The molecule has 1 atom stereocenters. The summed E-state index contributed by atoms with van der Waals surface area (Å²) in [5, 5.41) is 1.23. The number of amides is 1. The molecule has 0 bridgehead atoms. The summed E-state index contributed by atoms with van der Waals surface area (Å²) >= 11 is 11.2. The molecule has 1 aliphatic rings. The summed E-state index contributed by atoms with van der Waals surface area (Å²) in [5.74, 6) is -5.55. The maximum Gasteiger partial charge on any atom is 0.399 e. The summed E-state index contributed by atoms with van der Waals surface area (Å²) < 4.78 is 90.8. The maximum atomic E-state index is 14.3. The highest BCUT2D eigenvalue weighted by Gasteiger charge is 2.39. The molecule has 1 N–H and O–H groups in total. The van der Waals surface area contributed by atoms with E-state index in [1.165, 1.54) is 6.07 Å². The minimum atomic E-state index is -4.78. The van der Waals surface area contributed by atoms with Crippen LogP contribution in [0.2, 0.25) is 10.0 Å². The Morgan fingerprint density at radius 1 is 1.09 bits per heavy atom. The molecule has 172 valence electrons. The second-order valence-electron chi connectivity index (χ2n) is 7.16. The van der Waals surface area contributed by atoms with Crippen molar-refractivity contribution in [2.24, 2.45) is 0 Å². The number of allylic oxidation sites excluding steroid dienone is 1. The fraction of sp³-hybridized carbons (Fsp3) is 0.250. The minimum Gasteiger partial charge on any atom is -0.347 e. The topological polar surface area (TPSA) is 63.2 Å². The monoisotopic (exact) mass is 513 g/mol. The van der Waals surface area contributed by atoms with E-state index < -0.39 is 61.1 Å². The number of halogens is 7. The van der Waals surface area contributed by atoms with Gasteiger partial charge in [-0.05, 0) is 35.4 Å². The van der Waals surface area contributed by atoms with E-state index in [1.54, 1.807) is 0 Å². The number of hydrogen-bond acceptors (Lipinski definition) is 3.